The van der Waals surface area contributed by atoms with Crippen molar-refractivity contribution in [2.45, 2.75) is 70.2 Å². The first-order valence-electron chi connectivity index (χ1n) is 7.91. The predicted molar refractivity (Wildman–Crippen MR) is 85.0 cm³/mol. The summed E-state index contributed by atoms with van der Waals surface area (Å²) in [5, 5.41) is 4.56. The molecule has 0 spiro atoms. The van der Waals surface area contributed by atoms with E-state index in [9.17, 15) is 0 Å². The Morgan fingerprint density at radius 2 is 1.75 bits per heavy atom. The smallest absolute Gasteiger partial charge is 0.0492 e. The van der Waals surface area contributed by atoms with Crippen LogP contribution in [0, 0.1) is 23.2 Å². The van der Waals surface area contributed by atoms with Gasteiger partial charge in [-0.15, -0.1) is 0 Å². The molecular formula is C17H25BrN2. The largest absolute Gasteiger partial charge is 0.269 e. The van der Waals surface area contributed by atoms with Gasteiger partial charge in [-0.25, -0.2) is 0 Å². The van der Waals surface area contributed by atoms with E-state index in [2.05, 4.69) is 52.5 Å². The molecule has 5 rings (SSSR count). The van der Waals surface area contributed by atoms with Crippen molar-refractivity contribution in [2.24, 2.45) is 16.2 Å². The topological polar surface area (TPSA) is 17.8 Å². The maximum absolute atomic E-state index is 4.56. The SMILES string of the molecule is Cc1ccnn1CC12CC3(Br)C[C@@](C)(C1)C[C@](C)(C3)C2. The molecule has 2 unspecified atom stereocenters. The minimum absolute atomic E-state index is 0.395. The molecule has 0 saturated heterocycles. The van der Waals surface area contributed by atoms with E-state index in [1.165, 1.54) is 44.2 Å². The van der Waals surface area contributed by atoms with Crippen molar-refractivity contribution >= 4 is 15.9 Å². The Bertz CT molecular complexity index is 508. The lowest BCUT2D eigenvalue weighted by atomic mass is 9.40. The molecule has 3 heteroatoms. The molecule has 0 amide bonds. The zero-order valence-electron chi connectivity index (χ0n) is 12.9. The van der Waals surface area contributed by atoms with Crippen LogP contribution in [0.4, 0.5) is 0 Å². The Hall–Kier alpha value is -0.310. The fourth-order valence-corrected chi connectivity index (χ4v) is 8.79. The minimum atomic E-state index is 0.395. The number of aromatic nitrogens is 2. The van der Waals surface area contributed by atoms with Crippen LogP contribution in [0.25, 0.3) is 0 Å². The number of rotatable bonds is 2. The lowest BCUT2D eigenvalue weighted by Crippen LogP contribution is -2.61. The molecular weight excluding hydrogens is 312 g/mol. The van der Waals surface area contributed by atoms with Crippen molar-refractivity contribution in [3.8, 4) is 0 Å². The van der Waals surface area contributed by atoms with Crippen LogP contribution in [-0.2, 0) is 6.54 Å². The van der Waals surface area contributed by atoms with E-state index in [1.807, 2.05) is 6.20 Å². The Morgan fingerprint density at radius 1 is 1.10 bits per heavy atom. The molecule has 4 aliphatic rings. The van der Waals surface area contributed by atoms with Crippen LogP contribution >= 0.6 is 15.9 Å². The molecule has 1 aromatic heterocycles. The highest BCUT2D eigenvalue weighted by molar-refractivity contribution is 9.10. The second kappa shape index (κ2) is 3.71. The van der Waals surface area contributed by atoms with Crippen molar-refractivity contribution in [1.29, 1.82) is 0 Å². The highest BCUT2D eigenvalue weighted by Crippen LogP contribution is 2.73. The van der Waals surface area contributed by atoms with Crippen molar-refractivity contribution < 1.29 is 0 Å². The standard InChI is InChI=1S/C17H25BrN2/c1-13-4-5-19-20(13)12-16-7-14(2)6-15(3,8-16)10-17(18,9-14)11-16/h4-5H,6-12H2,1-3H3/t14-,15+,16?,17?. The molecule has 1 heterocycles. The van der Waals surface area contributed by atoms with E-state index in [0.29, 0.717) is 20.6 Å². The molecule has 4 atom stereocenters. The lowest BCUT2D eigenvalue weighted by Gasteiger charge is -2.68. The summed E-state index contributed by atoms with van der Waals surface area (Å²) < 4.78 is 2.64. The molecule has 0 N–H and O–H groups in total. The normalized spacial score (nSPS) is 49.8. The monoisotopic (exact) mass is 336 g/mol. The summed E-state index contributed by atoms with van der Waals surface area (Å²) >= 11 is 4.16. The second-order valence-corrected chi connectivity index (χ2v) is 10.6. The lowest BCUT2D eigenvalue weighted by molar-refractivity contribution is -0.137. The first kappa shape index (κ1) is 13.4. The van der Waals surface area contributed by atoms with Crippen LogP contribution in [0.3, 0.4) is 0 Å². The maximum Gasteiger partial charge on any atom is 0.0492 e. The number of aryl methyl sites for hydroxylation is 1. The van der Waals surface area contributed by atoms with Gasteiger partial charge in [0, 0.05) is 22.8 Å². The third-order valence-corrected chi connectivity index (χ3v) is 6.89. The van der Waals surface area contributed by atoms with Gasteiger partial charge in [0.15, 0.2) is 0 Å². The molecule has 0 aromatic carbocycles. The molecule has 0 aliphatic heterocycles. The minimum Gasteiger partial charge on any atom is -0.269 e. The number of nitrogens with zero attached hydrogens (tertiary/aromatic N) is 2. The Kier molecular flexibility index (Phi) is 2.48. The van der Waals surface area contributed by atoms with Gasteiger partial charge in [0.1, 0.15) is 0 Å². The van der Waals surface area contributed by atoms with Crippen LogP contribution in [0.2, 0.25) is 0 Å². The predicted octanol–water partition coefficient (Wildman–Crippen LogP) is 4.71. The number of halogens is 1. The van der Waals surface area contributed by atoms with Gasteiger partial charge in [0.05, 0.1) is 0 Å². The van der Waals surface area contributed by atoms with Crippen molar-refractivity contribution in [3.05, 3.63) is 18.0 Å². The fourth-order valence-electron chi connectivity index (χ4n) is 6.84. The highest BCUT2D eigenvalue weighted by Gasteiger charge is 2.64. The van der Waals surface area contributed by atoms with Crippen LogP contribution in [-0.4, -0.2) is 14.1 Å². The van der Waals surface area contributed by atoms with Gasteiger partial charge < -0.3 is 0 Å². The second-order valence-electron chi connectivity index (χ2n) is 8.96. The number of hydrogen-bond donors (Lipinski definition) is 0. The van der Waals surface area contributed by atoms with Gasteiger partial charge in [-0.2, -0.15) is 5.10 Å². The molecule has 4 fully saturated rings. The molecule has 110 valence electrons. The summed E-state index contributed by atoms with van der Waals surface area (Å²) in [6, 6.07) is 2.13. The molecule has 4 aliphatic carbocycles. The van der Waals surface area contributed by atoms with Crippen LogP contribution in [0.5, 0.6) is 0 Å². The molecule has 2 nitrogen and oxygen atoms in total. The average molecular weight is 337 g/mol. The molecule has 0 radical (unpaired) electrons. The fraction of sp³-hybridized carbons (Fsp3) is 0.824. The summed E-state index contributed by atoms with van der Waals surface area (Å²) in [7, 11) is 0. The van der Waals surface area contributed by atoms with Crippen LogP contribution in [0.1, 0.15) is 58.1 Å². The molecule has 20 heavy (non-hydrogen) atoms. The number of hydrogen-bond acceptors (Lipinski definition) is 1. The van der Waals surface area contributed by atoms with E-state index < -0.39 is 0 Å². The highest BCUT2D eigenvalue weighted by atomic mass is 79.9. The van der Waals surface area contributed by atoms with Crippen molar-refractivity contribution in [3.63, 3.8) is 0 Å². The van der Waals surface area contributed by atoms with Crippen molar-refractivity contribution in [1.82, 2.24) is 9.78 Å². The Balaban J connectivity index is 1.73. The maximum atomic E-state index is 4.56. The Labute approximate surface area is 130 Å². The molecule has 4 saturated carbocycles. The van der Waals surface area contributed by atoms with Gasteiger partial charge in [-0.3, -0.25) is 4.68 Å². The molecule has 4 bridgehead atoms. The zero-order valence-corrected chi connectivity index (χ0v) is 14.5. The van der Waals surface area contributed by atoms with Gasteiger partial charge in [0.2, 0.25) is 0 Å². The van der Waals surface area contributed by atoms with E-state index in [0.717, 1.165) is 6.54 Å². The van der Waals surface area contributed by atoms with E-state index >= 15 is 0 Å². The van der Waals surface area contributed by atoms with Gasteiger partial charge >= 0.3 is 0 Å². The van der Waals surface area contributed by atoms with Gasteiger partial charge in [0.25, 0.3) is 0 Å². The van der Waals surface area contributed by atoms with Crippen LogP contribution in [0.15, 0.2) is 12.3 Å². The van der Waals surface area contributed by atoms with Gasteiger partial charge in [-0.05, 0) is 67.8 Å². The summed E-state index contributed by atoms with van der Waals surface area (Å²) in [6.45, 7) is 8.36. The van der Waals surface area contributed by atoms with E-state index in [4.69, 9.17) is 0 Å². The summed E-state index contributed by atoms with van der Waals surface area (Å²) in [5.74, 6) is 0. The van der Waals surface area contributed by atoms with Gasteiger partial charge in [-0.1, -0.05) is 29.8 Å². The summed E-state index contributed by atoms with van der Waals surface area (Å²) in [5.41, 5.74) is 2.83. The Morgan fingerprint density at radius 3 is 2.25 bits per heavy atom. The third-order valence-electron chi connectivity index (χ3n) is 6.05. The van der Waals surface area contributed by atoms with E-state index in [-0.39, 0.29) is 0 Å². The average Bonchev–Trinajstić information content (AvgIpc) is 2.55. The third kappa shape index (κ3) is 1.92. The van der Waals surface area contributed by atoms with Crippen molar-refractivity contribution in [2.75, 3.05) is 0 Å². The zero-order chi connectivity index (χ0) is 14.2. The number of alkyl halides is 1. The quantitative estimate of drug-likeness (QED) is 0.715. The first-order chi connectivity index (χ1) is 9.23. The van der Waals surface area contributed by atoms with Crippen LogP contribution < -0.4 is 0 Å². The summed E-state index contributed by atoms with van der Waals surface area (Å²) in [4.78, 5) is 0. The summed E-state index contributed by atoms with van der Waals surface area (Å²) in [6.07, 6.45) is 10.2. The molecule has 1 aromatic rings. The first-order valence-corrected chi connectivity index (χ1v) is 8.70. The van der Waals surface area contributed by atoms with E-state index in [1.54, 1.807) is 0 Å².